The Morgan fingerprint density at radius 2 is 1.69 bits per heavy atom. The minimum absolute atomic E-state index is 0.112. The van der Waals surface area contributed by atoms with Crippen molar-refractivity contribution >= 4 is 28.5 Å². The molecule has 2 aromatic heterocycles. The van der Waals surface area contributed by atoms with E-state index in [4.69, 9.17) is 15.9 Å². The van der Waals surface area contributed by atoms with Crippen LogP contribution in [0, 0.1) is 0 Å². The normalized spacial score (nSPS) is 10.8. The molecule has 4 aromatic rings. The first kappa shape index (κ1) is 18.1. The Balaban J connectivity index is 1.76. The largest absolute Gasteiger partial charge is 0.460 e. The smallest absolute Gasteiger partial charge is 0.286 e. The molecule has 4 rings (SSSR count). The third-order valence-electron chi connectivity index (χ3n) is 4.26. The minimum atomic E-state index is -0.801. The number of aromatic nitrogens is 3. The fourth-order valence-corrected chi connectivity index (χ4v) is 2.90. The lowest BCUT2D eigenvalue weighted by Gasteiger charge is -2.07. The number of nitrogens with one attached hydrogen (secondary N) is 1. The van der Waals surface area contributed by atoms with Crippen molar-refractivity contribution in [3.63, 3.8) is 0 Å². The van der Waals surface area contributed by atoms with E-state index in [1.54, 1.807) is 18.2 Å². The number of benzene rings is 2. The standard InChI is InChI=1S/C20H16N6O3/c21-16(27)13-8-4-7-12-14(13)10-29-15(12)18-24-19(17(22)28)26-20(25-18)23-9-11-5-2-1-3-6-11/h1-8,10H,9H2,(H2,21,27)(H2,22,28)(H,23,24,25,26). The summed E-state index contributed by atoms with van der Waals surface area (Å²) in [5, 5.41) is 4.15. The van der Waals surface area contributed by atoms with Crippen molar-refractivity contribution in [3.8, 4) is 11.6 Å². The number of carbonyl (C=O) groups excluding carboxylic acids is 2. The number of carbonyl (C=O) groups is 2. The van der Waals surface area contributed by atoms with Gasteiger partial charge >= 0.3 is 0 Å². The van der Waals surface area contributed by atoms with Gasteiger partial charge in [-0.1, -0.05) is 42.5 Å². The van der Waals surface area contributed by atoms with Crippen molar-refractivity contribution in [2.75, 3.05) is 5.32 Å². The second-order valence-electron chi connectivity index (χ2n) is 6.21. The molecule has 9 nitrogen and oxygen atoms in total. The monoisotopic (exact) mass is 388 g/mol. The Labute approximate surface area is 164 Å². The third-order valence-corrected chi connectivity index (χ3v) is 4.26. The molecule has 9 heteroatoms. The average Bonchev–Trinajstić information content (AvgIpc) is 3.17. The lowest BCUT2D eigenvalue weighted by Crippen LogP contribution is -2.18. The molecule has 0 radical (unpaired) electrons. The lowest BCUT2D eigenvalue weighted by atomic mass is 10.1. The van der Waals surface area contributed by atoms with E-state index < -0.39 is 11.8 Å². The molecule has 0 aliphatic carbocycles. The molecule has 0 fully saturated rings. The molecule has 0 spiro atoms. The van der Waals surface area contributed by atoms with Crippen molar-refractivity contribution in [1.82, 2.24) is 15.0 Å². The van der Waals surface area contributed by atoms with Gasteiger partial charge in [0.15, 0.2) is 5.76 Å². The van der Waals surface area contributed by atoms with Gasteiger partial charge in [0.05, 0.1) is 5.56 Å². The van der Waals surface area contributed by atoms with Gasteiger partial charge in [-0.25, -0.2) is 4.98 Å². The van der Waals surface area contributed by atoms with Crippen molar-refractivity contribution < 1.29 is 14.0 Å². The van der Waals surface area contributed by atoms with Crippen LogP contribution in [0.1, 0.15) is 26.5 Å². The summed E-state index contributed by atoms with van der Waals surface area (Å²) in [6, 6.07) is 14.6. The molecule has 0 bridgehead atoms. The number of rotatable bonds is 6. The highest BCUT2D eigenvalue weighted by Crippen LogP contribution is 2.30. The first-order valence-corrected chi connectivity index (χ1v) is 8.67. The summed E-state index contributed by atoms with van der Waals surface area (Å²) < 4.78 is 5.60. The van der Waals surface area contributed by atoms with Crippen molar-refractivity contribution in [2.45, 2.75) is 6.54 Å². The zero-order chi connectivity index (χ0) is 20.4. The molecule has 2 heterocycles. The van der Waals surface area contributed by atoms with Crippen LogP contribution >= 0.6 is 0 Å². The number of nitrogens with zero attached hydrogens (tertiary/aromatic N) is 3. The molecule has 2 amide bonds. The molecular formula is C20H16N6O3. The van der Waals surface area contributed by atoms with Gasteiger partial charge in [-0.3, -0.25) is 9.59 Å². The SMILES string of the molecule is NC(=O)c1nc(NCc2ccccc2)nc(-c2occ3c(C(N)=O)cccc23)n1. The van der Waals surface area contributed by atoms with Crippen molar-refractivity contribution in [2.24, 2.45) is 11.5 Å². The highest BCUT2D eigenvalue weighted by atomic mass is 16.3. The highest BCUT2D eigenvalue weighted by Gasteiger charge is 2.19. The van der Waals surface area contributed by atoms with Gasteiger partial charge in [0, 0.05) is 17.3 Å². The average molecular weight is 388 g/mol. The molecule has 0 aliphatic heterocycles. The maximum absolute atomic E-state index is 11.7. The van der Waals surface area contributed by atoms with Crippen LogP contribution in [0.5, 0.6) is 0 Å². The van der Waals surface area contributed by atoms with E-state index in [1.807, 2.05) is 30.3 Å². The molecule has 0 atom stereocenters. The van der Waals surface area contributed by atoms with E-state index in [2.05, 4.69) is 20.3 Å². The second-order valence-corrected chi connectivity index (χ2v) is 6.21. The highest BCUT2D eigenvalue weighted by molar-refractivity contribution is 6.08. The van der Waals surface area contributed by atoms with E-state index in [1.165, 1.54) is 6.26 Å². The Kier molecular flexibility index (Phi) is 4.62. The van der Waals surface area contributed by atoms with Crippen LogP contribution in [0.25, 0.3) is 22.4 Å². The van der Waals surface area contributed by atoms with Crippen molar-refractivity contribution in [1.29, 1.82) is 0 Å². The number of fused-ring (bicyclic) bond motifs is 1. The van der Waals surface area contributed by atoms with E-state index in [0.717, 1.165) is 5.56 Å². The van der Waals surface area contributed by atoms with Gasteiger partial charge in [-0.2, -0.15) is 9.97 Å². The molecule has 0 saturated heterocycles. The number of hydrogen-bond donors (Lipinski definition) is 3. The summed E-state index contributed by atoms with van der Waals surface area (Å²) in [5.41, 5.74) is 12.1. The molecular weight excluding hydrogens is 372 g/mol. The summed E-state index contributed by atoms with van der Waals surface area (Å²) in [4.78, 5) is 35.9. The molecule has 5 N–H and O–H groups in total. The maximum atomic E-state index is 11.7. The minimum Gasteiger partial charge on any atom is -0.460 e. The summed E-state index contributed by atoms with van der Waals surface area (Å²) in [7, 11) is 0. The number of anilines is 1. The topological polar surface area (TPSA) is 150 Å². The molecule has 0 saturated carbocycles. The number of amides is 2. The van der Waals surface area contributed by atoms with Gasteiger partial charge in [0.25, 0.3) is 5.91 Å². The van der Waals surface area contributed by atoms with E-state index >= 15 is 0 Å². The maximum Gasteiger partial charge on any atom is 0.286 e. The fraction of sp³-hybridized carbons (Fsp3) is 0.0500. The Morgan fingerprint density at radius 3 is 2.41 bits per heavy atom. The van der Waals surface area contributed by atoms with Gasteiger partial charge in [-0.05, 0) is 11.6 Å². The fourth-order valence-electron chi connectivity index (χ4n) is 2.90. The number of furan rings is 1. The molecule has 2 aromatic carbocycles. The summed E-state index contributed by atoms with van der Waals surface area (Å²) >= 11 is 0. The van der Waals surface area contributed by atoms with E-state index in [-0.39, 0.29) is 23.4 Å². The van der Waals surface area contributed by atoms with Crippen LogP contribution < -0.4 is 16.8 Å². The zero-order valence-corrected chi connectivity index (χ0v) is 15.1. The molecule has 29 heavy (non-hydrogen) atoms. The van der Waals surface area contributed by atoms with E-state index in [9.17, 15) is 9.59 Å². The Morgan fingerprint density at radius 1 is 0.897 bits per heavy atom. The van der Waals surface area contributed by atoms with Gasteiger partial charge in [0.2, 0.25) is 23.5 Å². The predicted octanol–water partition coefficient (Wildman–Crippen LogP) is 2.09. The first-order chi connectivity index (χ1) is 14.0. The number of nitrogens with two attached hydrogens (primary N) is 2. The summed E-state index contributed by atoms with van der Waals surface area (Å²) in [5.74, 6) is -1.03. The third kappa shape index (κ3) is 3.61. The van der Waals surface area contributed by atoms with Crippen molar-refractivity contribution in [3.05, 3.63) is 71.7 Å². The Bertz CT molecular complexity index is 1220. The molecule has 144 valence electrons. The quantitative estimate of drug-likeness (QED) is 0.457. The molecule has 0 aliphatic rings. The van der Waals surface area contributed by atoms with Crippen LogP contribution in [-0.2, 0) is 6.54 Å². The summed E-state index contributed by atoms with van der Waals surface area (Å²) in [6.07, 6.45) is 1.40. The summed E-state index contributed by atoms with van der Waals surface area (Å²) in [6.45, 7) is 0.438. The number of primary amides is 2. The van der Waals surface area contributed by atoms with Gasteiger partial charge < -0.3 is 21.2 Å². The molecule has 0 unspecified atom stereocenters. The first-order valence-electron chi connectivity index (χ1n) is 8.67. The Hall–Kier alpha value is -4.27. The van der Waals surface area contributed by atoms with Crippen LogP contribution in [0.3, 0.4) is 0 Å². The van der Waals surface area contributed by atoms with Crippen LogP contribution in [-0.4, -0.2) is 26.8 Å². The van der Waals surface area contributed by atoms with Crippen LogP contribution in [0.4, 0.5) is 5.95 Å². The predicted molar refractivity (Wildman–Crippen MR) is 106 cm³/mol. The van der Waals surface area contributed by atoms with Gasteiger partial charge in [0.1, 0.15) is 6.26 Å². The van der Waals surface area contributed by atoms with E-state index in [0.29, 0.717) is 22.9 Å². The van der Waals surface area contributed by atoms with Gasteiger partial charge in [-0.15, -0.1) is 0 Å². The zero-order valence-electron chi connectivity index (χ0n) is 15.1. The lowest BCUT2D eigenvalue weighted by molar-refractivity contribution is 0.0986. The van der Waals surface area contributed by atoms with Crippen LogP contribution in [0.2, 0.25) is 0 Å². The second kappa shape index (κ2) is 7.39. The van der Waals surface area contributed by atoms with Crippen LogP contribution in [0.15, 0.2) is 59.2 Å². The number of hydrogen-bond acceptors (Lipinski definition) is 7.